The van der Waals surface area contributed by atoms with E-state index in [9.17, 15) is 19.5 Å². The van der Waals surface area contributed by atoms with Crippen molar-refractivity contribution in [1.29, 1.82) is 0 Å². The molecule has 2 aromatic rings. The van der Waals surface area contributed by atoms with Crippen molar-refractivity contribution in [2.75, 3.05) is 19.8 Å². The normalized spacial score (nSPS) is 12.6. The summed E-state index contributed by atoms with van der Waals surface area (Å²) in [6, 6.07) is 19.3. The van der Waals surface area contributed by atoms with Crippen molar-refractivity contribution in [2.45, 2.75) is 58.0 Å². The van der Waals surface area contributed by atoms with Gasteiger partial charge in [-0.15, -0.1) is 13.2 Å². The van der Waals surface area contributed by atoms with Crippen LogP contribution in [0.1, 0.15) is 50.7 Å². The quantitative estimate of drug-likeness (QED) is 0.205. The first-order valence-corrected chi connectivity index (χ1v) is 13.9. The van der Waals surface area contributed by atoms with Gasteiger partial charge in [-0.3, -0.25) is 14.4 Å². The molecule has 0 bridgehead atoms. The molecular weight excluding hydrogens is 504 g/mol. The molecule has 2 atom stereocenters. The molecule has 0 heterocycles. The topological polar surface area (TPSA) is 95.9 Å². The molecule has 0 saturated heterocycles. The van der Waals surface area contributed by atoms with Crippen LogP contribution < -0.4 is 5.32 Å². The number of ether oxygens (including phenoxy) is 1. The second-order valence-corrected chi connectivity index (χ2v) is 10.7. The summed E-state index contributed by atoms with van der Waals surface area (Å²) in [5.41, 5.74) is 1.15. The smallest absolute Gasteiger partial charge is 0.309 e. The number of aliphatic hydroxyl groups excluding tert-OH is 1. The Kier molecular flexibility index (Phi) is 13.9. The van der Waals surface area contributed by atoms with Crippen molar-refractivity contribution >= 4 is 17.8 Å². The molecule has 0 spiro atoms. The van der Waals surface area contributed by atoms with E-state index in [0.717, 1.165) is 11.1 Å². The Morgan fingerprint density at radius 2 is 1.60 bits per heavy atom. The number of amides is 2. The fourth-order valence-corrected chi connectivity index (χ4v) is 4.40. The third-order valence-corrected chi connectivity index (χ3v) is 6.60. The Hall–Kier alpha value is -3.71. The summed E-state index contributed by atoms with van der Waals surface area (Å²) in [5, 5.41) is 12.5. The van der Waals surface area contributed by atoms with E-state index in [4.69, 9.17) is 4.74 Å². The van der Waals surface area contributed by atoms with E-state index in [-0.39, 0.29) is 49.9 Å². The molecule has 2 aromatic carbocycles. The number of aliphatic hydroxyl groups is 1. The zero-order valence-electron chi connectivity index (χ0n) is 23.9. The van der Waals surface area contributed by atoms with Crippen LogP contribution >= 0.6 is 0 Å². The summed E-state index contributed by atoms with van der Waals surface area (Å²) in [6.45, 7) is 11.4. The van der Waals surface area contributed by atoms with Crippen molar-refractivity contribution in [2.24, 2.45) is 11.8 Å². The van der Waals surface area contributed by atoms with Gasteiger partial charge in [-0.05, 0) is 50.7 Å². The SMILES string of the molecule is C=CCCC(Cc1ccccc1)C(=O)OCC(C)(C)NC(=O)C(CC=C)CC(=O)N(CCO)Cc1ccccc1. The predicted octanol–water partition coefficient (Wildman–Crippen LogP) is 4.85. The molecule has 2 amide bonds. The van der Waals surface area contributed by atoms with Crippen molar-refractivity contribution in [1.82, 2.24) is 10.2 Å². The highest BCUT2D eigenvalue weighted by Crippen LogP contribution is 2.19. The highest BCUT2D eigenvalue weighted by atomic mass is 16.5. The van der Waals surface area contributed by atoms with Crippen molar-refractivity contribution < 1.29 is 24.2 Å². The first-order chi connectivity index (χ1) is 19.2. The molecule has 40 heavy (non-hydrogen) atoms. The Morgan fingerprint density at radius 3 is 2.17 bits per heavy atom. The molecule has 2 unspecified atom stereocenters. The van der Waals surface area contributed by atoms with Gasteiger partial charge in [0.15, 0.2) is 0 Å². The number of benzene rings is 2. The van der Waals surface area contributed by atoms with E-state index in [1.54, 1.807) is 30.9 Å². The molecule has 216 valence electrons. The zero-order valence-corrected chi connectivity index (χ0v) is 23.9. The molecular formula is C33H44N2O5. The summed E-state index contributed by atoms with van der Waals surface area (Å²) in [5.74, 6) is -1.82. The lowest BCUT2D eigenvalue weighted by atomic mass is 9.94. The van der Waals surface area contributed by atoms with Crippen LogP contribution in [0.4, 0.5) is 0 Å². The van der Waals surface area contributed by atoms with Crippen LogP contribution in [0, 0.1) is 11.8 Å². The molecule has 0 aromatic heterocycles. The van der Waals surface area contributed by atoms with Gasteiger partial charge in [0.25, 0.3) is 0 Å². The van der Waals surface area contributed by atoms with Crippen molar-refractivity contribution in [3.63, 3.8) is 0 Å². The first-order valence-electron chi connectivity index (χ1n) is 13.9. The molecule has 0 aliphatic heterocycles. The predicted molar refractivity (Wildman–Crippen MR) is 158 cm³/mol. The Balaban J connectivity index is 1.99. The number of nitrogens with one attached hydrogen (secondary N) is 1. The summed E-state index contributed by atoms with van der Waals surface area (Å²) in [6.07, 6.45) is 5.58. The van der Waals surface area contributed by atoms with Crippen molar-refractivity contribution in [3.8, 4) is 0 Å². The first kappa shape index (κ1) is 32.5. The summed E-state index contributed by atoms with van der Waals surface area (Å²) < 4.78 is 5.69. The lowest BCUT2D eigenvalue weighted by Gasteiger charge is -2.30. The fourth-order valence-electron chi connectivity index (χ4n) is 4.40. The van der Waals surface area contributed by atoms with Crippen LogP contribution in [0.25, 0.3) is 0 Å². The van der Waals surface area contributed by atoms with Gasteiger partial charge in [-0.1, -0.05) is 72.8 Å². The second-order valence-electron chi connectivity index (χ2n) is 10.7. The van der Waals surface area contributed by atoms with E-state index < -0.39 is 11.5 Å². The number of rotatable bonds is 18. The van der Waals surface area contributed by atoms with Crippen LogP contribution in [-0.2, 0) is 32.1 Å². The lowest BCUT2D eigenvalue weighted by molar-refractivity contribution is -0.151. The number of allylic oxidation sites excluding steroid dienone is 2. The second kappa shape index (κ2) is 17.1. The molecule has 0 aliphatic carbocycles. The van der Waals surface area contributed by atoms with Crippen LogP contribution in [0.15, 0.2) is 86.0 Å². The average Bonchev–Trinajstić information content (AvgIpc) is 2.94. The number of carbonyl (C=O) groups excluding carboxylic acids is 3. The number of carbonyl (C=O) groups is 3. The Bertz CT molecular complexity index is 1080. The standard InChI is InChI=1S/C33H44N2O5/c1-5-7-19-29(22-26-15-10-8-11-16-26)32(39)40-25-33(3,4)34-31(38)28(14-6-2)23-30(37)35(20-21-36)24-27-17-12-9-13-18-27/h5-6,8-13,15-18,28-29,36H,1-2,7,14,19-25H2,3-4H3,(H,34,38). The Morgan fingerprint density at radius 1 is 0.975 bits per heavy atom. The largest absolute Gasteiger partial charge is 0.463 e. The third kappa shape index (κ3) is 11.6. The van der Waals surface area contributed by atoms with Gasteiger partial charge in [0.2, 0.25) is 11.8 Å². The minimum atomic E-state index is -0.847. The maximum absolute atomic E-state index is 13.3. The summed E-state index contributed by atoms with van der Waals surface area (Å²) in [4.78, 5) is 41.0. The van der Waals surface area contributed by atoms with E-state index in [1.165, 1.54) is 0 Å². The molecule has 0 fully saturated rings. The van der Waals surface area contributed by atoms with Gasteiger partial charge < -0.3 is 20.1 Å². The van der Waals surface area contributed by atoms with Crippen LogP contribution in [0.5, 0.6) is 0 Å². The molecule has 0 saturated carbocycles. The molecule has 0 aliphatic rings. The number of esters is 1. The maximum Gasteiger partial charge on any atom is 0.309 e. The highest BCUT2D eigenvalue weighted by Gasteiger charge is 2.30. The van der Waals surface area contributed by atoms with E-state index in [0.29, 0.717) is 32.2 Å². The minimum Gasteiger partial charge on any atom is -0.463 e. The molecule has 2 N–H and O–H groups in total. The minimum absolute atomic E-state index is 0.00362. The Labute approximate surface area is 238 Å². The van der Waals surface area contributed by atoms with Gasteiger partial charge in [0.1, 0.15) is 6.61 Å². The van der Waals surface area contributed by atoms with Crippen LogP contribution in [-0.4, -0.2) is 53.1 Å². The maximum atomic E-state index is 13.3. The molecule has 7 nitrogen and oxygen atoms in total. The number of hydrogen-bond acceptors (Lipinski definition) is 5. The molecule has 2 rings (SSSR count). The highest BCUT2D eigenvalue weighted by molar-refractivity contribution is 5.86. The van der Waals surface area contributed by atoms with E-state index in [1.807, 2.05) is 60.7 Å². The van der Waals surface area contributed by atoms with Gasteiger partial charge in [0, 0.05) is 19.5 Å². The van der Waals surface area contributed by atoms with E-state index >= 15 is 0 Å². The number of hydrogen-bond donors (Lipinski definition) is 2. The zero-order chi connectivity index (χ0) is 29.4. The van der Waals surface area contributed by atoms with Crippen LogP contribution in [0.2, 0.25) is 0 Å². The van der Waals surface area contributed by atoms with Crippen molar-refractivity contribution in [3.05, 3.63) is 97.1 Å². The number of nitrogens with zero attached hydrogens (tertiary/aromatic N) is 1. The van der Waals surface area contributed by atoms with Gasteiger partial charge in [-0.2, -0.15) is 0 Å². The fraction of sp³-hybridized carbons (Fsp3) is 0.424. The summed E-state index contributed by atoms with van der Waals surface area (Å²) in [7, 11) is 0. The molecule has 7 heteroatoms. The lowest BCUT2D eigenvalue weighted by Crippen LogP contribution is -2.50. The average molecular weight is 549 g/mol. The third-order valence-electron chi connectivity index (χ3n) is 6.60. The summed E-state index contributed by atoms with van der Waals surface area (Å²) >= 11 is 0. The molecule has 0 radical (unpaired) electrons. The monoisotopic (exact) mass is 548 g/mol. The van der Waals surface area contributed by atoms with Gasteiger partial charge in [-0.25, -0.2) is 0 Å². The van der Waals surface area contributed by atoms with E-state index in [2.05, 4.69) is 18.5 Å². The van der Waals surface area contributed by atoms with Gasteiger partial charge in [0.05, 0.1) is 24.0 Å². The van der Waals surface area contributed by atoms with Crippen LogP contribution in [0.3, 0.4) is 0 Å². The van der Waals surface area contributed by atoms with Gasteiger partial charge >= 0.3 is 5.97 Å².